The molecule has 8 rings (SSSR count). The van der Waals surface area contributed by atoms with E-state index in [1.54, 1.807) is 12.2 Å². The van der Waals surface area contributed by atoms with E-state index in [9.17, 15) is 0 Å². The molecule has 0 unspecified atom stereocenters. The molecule has 47 heavy (non-hydrogen) atoms. The van der Waals surface area contributed by atoms with Crippen molar-refractivity contribution >= 4 is 65.6 Å². The van der Waals surface area contributed by atoms with E-state index in [2.05, 4.69) is 202 Å². The summed E-state index contributed by atoms with van der Waals surface area (Å²) in [6.07, 6.45) is 3.28. The minimum Gasteiger partial charge on any atom is -0.310 e. The lowest BCUT2D eigenvalue weighted by Gasteiger charge is -2.26. The van der Waals surface area contributed by atoms with Crippen molar-refractivity contribution in [1.82, 2.24) is 4.57 Å². The zero-order chi connectivity index (χ0) is 32.2. The van der Waals surface area contributed by atoms with Crippen LogP contribution in [0, 0.1) is 0 Å². The lowest BCUT2D eigenvalue weighted by Crippen LogP contribution is -2.10. The van der Waals surface area contributed by atoms with Crippen molar-refractivity contribution in [1.29, 1.82) is 0 Å². The van der Waals surface area contributed by atoms with Crippen LogP contribution >= 0.6 is 15.9 Å². The minimum atomic E-state index is 1.03. The molecule has 8 aromatic rings. The summed E-state index contributed by atoms with van der Waals surface area (Å²) in [5.41, 5.74) is 9.19. The number of para-hydroxylation sites is 3. The number of anilines is 3. The Morgan fingerprint density at radius 1 is 0.468 bits per heavy atom. The third-order valence-electron chi connectivity index (χ3n) is 8.33. The summed E-state index contributed by atoms with van der Waals surface area (Å²) >= 11 is 3.85. The van der Waals surface area contributed by atoms with Crippen molar-refractivity contribution in [2.24, 2.45) is 0 Å². The first-order chi connectivity index (χ1) is 23.1. The molecular weight excluding hydrogens is 636 g/mol. The summed E-state index contributed by atoms with van der Waals surface area (Å²) in [4.78, 5) is 2.33. The molecule has 0 amide bonds. The van der Waals surface area contributed by atoms with Crippen LogP contribution in [0.5, 0.6) is 0 Å². The maximum atomic E-state index is 3.85. The molecule has 7 aromatic carbocycles. The SMILES string of the molecule is Brc1cc(-c2cccc(-n3c4ccccc4c4ccccc43)c2)cc(N(c2ccccc2)c2ccc3ccccc3c2)c1.C=CC=C. The molecule has 0 aliphatic heterocycles. The third kappa shape index (κ3) is 6.02. The Bertz CT molecular complexity index is 2310. The van der Waals surface area contributed by atoms with E-state index in [-0.39, 0.29) is 0 Å². The fraction of sp³-hybridized carbons (Fsp3) is 0. The van der Waals surface area contributed by atoms with Crippen molar-refractivity contribution in [2.75, 3.05) is 4.90 Å². The van der Waals surface area contributed by atoms with Crippen LogP contribution < -0.4 is 4.90 Å². The van der Waals surface area contributed by atoms with E-state index in [1.165, 1.54) is 32.6 Å². The first-order valence-electron chi connectivity index (χ1n) is 15.6. The molecule has 2 nitrogen and oxygen atoms in total. The highest BCUT2D eigenvalue weighted by atomic mass is 79.9. The summed E-state index contributed by atoms with van der Waals surface area (Å²) in [6.45, 7) is 6.72. The Kier molecular flexibility index (Phi) is 8.55. The Labute approximate surface area is 284 Å². The minimum absolute atomic E-state index is 1.03. The summed E-state index contributed by atoms with van der Waals surface area (Å²) < 4.78 is 3.40. The lowest BCUT2D eigenvalue weighted by atomic mass is 10.0. The zero-order valence-electron chi connectivity index (χ0n) is 25.9. The number of halogens is 1. The van der Waals surface area contributed by atoms with Crippen LogP contribution in [0.15, 0.2) is 194 Å². The van der Waals surface area contributed by atoms with Gasteiger partial charge in [-0.05, 0) is 88.6 Å². The molecule has 226 valence electrons. The van der Waals surface area contributed by atoms with Gasteiger partial charge in [0.25, 0.3) is 0 Å². The van der Waals surface area contributed by atoms with Gasteiger partial charge in [-0.2, -0.15) is 0 Å². The topological polar surface area (TPSA) is 8.17 Å². The summed E-state index contributed by atoms with van der Waals surface area (Å²) in [5, 5.41) is 4.98. The van der Waals surface area contributed by atoms with Crippen molar-refractivity contribution in [3.05, 3.63) is 194 Å². The van der Waals surface area contributed by atoms with Crippen LogP contribution in [0.4, 0.5) is 17.1 Å². The highest BCUT2D eigenvalue weighted by molar-refractivity contribution is 9.10. The quantitative estimate of drug-likeness (QED) is 0.160. The van der Waals surface area contributed by atoms with E-state index >= 15 is 0 Å². The normalized spacial score (nSPS) is 10.8. The molecule has 0 N–H and O–H groups in total. The molecule has 0 spiro atoms. The van der Waals surface area contributed by atoms with Gasteiger partial charge in [0.05, 0.1) is 11.0 Å². The maximum absolute atomic E-state index is 3.85. The van der Waals surface area contributed by atoms with E-state index in [4.69, 9.17) is 0 Å². The fourth-order valence-electron chi connectivity index (χ4n) is 6.24. The number of aromatic nitrogens is 1. The van der Waals surface area contributed by atoms with Crippen molar-refractivity contribution in [2.45, 2.75) is 0 Å². The second-order valence-corrected chi connectivity index (χ2v) is 12.2. The van der Waals surface area contributed by atoms with Gasteiger partial charge in [-0.25, -0.2) is 0 Å². The molecule has 0 atom stereocenters. The zero-order valence-corrected chi connectivity index (χ0v) is 27.5. The van der Waals surface area contributed by atoms with Crippen molar-refractivity contribution < 1.29 is 0 Å². The molecule has 0 radical (unpaired) electrons. The monoisotopic (exact) mass is 668 g/mol. The molecular formula is C44H33BrN2. The Morgan fingerprint density at radius 2 is 1.11 bits per heavy atom. The molecule has 0 saturated heterocycles. The average Bonchev–Trinajstić information content (AvgIpc) is 3.46. The number of rotatable bonds is 6. The lowest BCUT2D eigenvalue weighted by molar-refractivity contribution is 1.18. The molecule has 3 heteroatoms. The van der Waals surface area contributed by atoms with Gasteiger partial charge < -0.3 is 9.47 Å². The first kappa shape index (κ1) is 30.0. The van der Waals surface area contributed by atoms with E-state index in [0.717, 1.165) is 38.3 Å². The first-order valence-corrected chi connectivity index (χ1v) is 16.4. The Balaban J connectivity index is 0.000000833. The van der Waals surface area contributed by atoms with Gasteiger partial charge in [-0.1, -0.05) is 138 Å². The number of benzene rings is 7. The molecule has 1 heterocycles. The van der Waals surface area contributed by atoms with Gasteiger partial charge in [0.2, 0.25) is 0 Å². The molecule has 0 bridgehead atoms. The molecule has 0 fully saturated rings. The highest BCUT2D eigenvalue weighted by Crippen LogP contribution is 2.40. The predicted octanol–water partition coefficient (Wildman–Crippen LogP) is 13.2. The van der Waals surface area contributed by atoms with Crippen molar-refractivity contribution in [3.63, 3.8) is 0 Å². The number of fused-ring (bicyclic) bond motifs is 4. The second-order valence-electron chi connectivity index (χ2n) is 11.3. The van der Waals surface area contributed by atoms with Gasteiger partial charge >= 0.3 is 0 Å². The maximum Gasteiger partial charge on any atom is 0.0541 e. The average molecular weight is 670 g/mol. The van der Waals surface area contributed by atoms with Gasteiger partial charge in [-0.15, -0.1) is 0 Å². The summed E-state index contributed by atoms with van der Waals surface area (Å²) in [5.74, 6) is 0. The summed E-state index contributed by atoms with van der Waals surface area (Å²) in [7, 11) is 0. The predicted molar refractivity (Wildman–Crippen MR) is 206 cm³/mol. The van der Waals surface area contributed by atoms with Crippen molar-refractivity contribution in [3.8, 4) is 16.8 Å². The van der Waals surface area contributed by atoms with Gasteiger partial charge in [0.15, 0.2) is 0 Å². The van der Waals surface area contributed by atoms with Crippen LogP contribution in [0.1, 0.15) is 0 Å². The smallest absolute Gasteiger partial charge is 0.0541 e. The number of allylic oxidation sites excluding steroid dienone is 2. The molecule has 0 saturated carbocycles. The number of hydrogen-bond donors (Lipinski definition) is 0. The molecule has 0 aliphatic carbocycles. The van der Waals surface area contributed by atoms with E-state index < -0.39 is 0 Å². The molecule has 0 aliphatic rings. The van der Waals surface area contributed by atoms with Crippen LogP contribution in [-0.4, -0.2) is 4.57 Å². The molecule has 1 aromatic heterocycles. The van der Waals surface area contributed by atoms with Crippen LogP contribution in [0.25, 0.3) is 49.4 Å². The Morgan fingerprint density at radius 3 is 1.81 bits per heavy atom. The van der Waals surface area contributed by atoms with Gasteiger partial charge in [0.1, 0.15) is 0 Å². The summed E-state index contributed by atoms with van der Waals surface area (Å²) in [6, 6.07) is 58.7. The standard InChI is InChI=1S/C40H27BrN2.C4H6/c41-32-23-31(30-13-10-16-34(25-30)43-39-19-8-6-17-37(39)38-18-7-9-20-40(38)43)26-36(27-32)42(33-14-2-1-3-15-33)35-22-21-28-11-4-5-12-29(28)24-35;1-3-4-2/h1-27H;3-4H,1-2H2. The second kappa shape index (κ2) is 13.4. The third-order valence-corrected chi connectivity index (χ3v) is 8.79. The van der Waals surface area contributed by atoms with Crippen LogP contribution in [0.3, 0.4) is 0 Å². The van der Waals surface area contributed by atoms with E-state index in [1.807, 2.05) is 0 Å². The van der Waals surface area contributed by atoms with Crippen LogP contribution in [0.2, 0.25) is 0 Å². The Hall–Kier alpha value is -5.64. The fourth-order valence-corrected chi connectivity index (χ4v) is 6.72. The largest absolute Gasteiger partial charge is 0.310 e. The number of nitrogens with zero attached hydrogens (tertiary/aromatic N) is 2. The van der Waals surface area contributed by atoms with Crippen LogP contribution in [-0.2, 0) is 0 Å². The van der Waals surface area contributed by atoms with Gasteiger partial charge in [-0.3, -0.25) is 0 Å². The van der Waals surface area contributed by atoms with E-state index in [0.29, 0.717) is 0 Å². The highest BCUT2D eigenvalue weighted by Gasteiger charge is 2.16. The van der Waals surface area contributed by atoms with Gasteiger partial charge in [0, 0.05) is 38.0 Å². The number of hydrogen-bond acceptors (Lipinski definition) is 1.